The van der Waals surface area contributed by atoms with E-state index in [0.29, 0.717) is 0 Å². The Morgan fingerprint density at radius 3 is 2.79 bits per heavy atom. The van der Waals surface area contributed by atoms with Gasteiger partial charge in [0.15, 0.2) is 0 Å². The summed E-state index contributed by atoms with van der Waals surface area (Å²) in [6, 6.07) is 12.5. The number of rotatable bonds is 6. The average molecular weight is 256 g/mol. The van der Waals surface area contributed by atoms with Crippen molar-refractivity contribution in [1.82, 2.24) is 10.3 Å². The van der Waals surface area contributed by atoms with Crippen LogP contribution in [0, 0.1) is 0 Å². The van der Waals surface area contributed by atoms with Crippen molar-refractivity contribution >= 4 is 0 Å². The fourth-order valence-electron chi connectivity index (χ4n) is 2.11. The molecular weight excluding hydrogens is 236 g/mol. The fourth-order valence-corrected chi connectivity index (χ4v) is 2.11. The number of benzene rings is 1. The second-order valence-electron chi connectivity index (χ2n) is 4.53. The van der Waals surface area contributed by atoms with Crippen molar-refractivity contribution in [3.05, 3.63) is 59.9 Å². The molecule has 0 saturated carbocycles. The van der Waals surface area contributed by atoms with Crippen LogP contribution in [0.5, 0.6) is 5.75 Å². The summed E-state index contributed by atoms with van der Waals surface area (Å²) in [7, 11) is 1.71. The Kier molecular flexibility index (Phi) is 4.93. The Bertz CT molecular complexity index is 499. The molecule has 0 bridgehead atoms. The molecule has 1 aromatic heterocycles. The minimum Gasteiger partial charge on any atom is -0.496 e. The first-order valence-electron chi connectivity index (χ1n) is 6.56. The molecule has 3 nitrogen and oxygen atoms in total. The van der Waals surface area contributed by atoms with E-state index in [0.717, 1.165) is 18.7 Å². The number of aromatic nitrogens is 1. The van der Waals surface area contributed by atoms with Gasteiger partial charge in [0.2, 0.25) is 0 Å². The summed E-state index contributed by atoms with van der Waals surface area (Å²) in [5, 5.41) is 3.51. The van der Waals surface area contributed by atoms with Gasteiger partial charge in [-0.25, -0.2) is 0 Å². The highest BCUT2D eigenvalue weighted by Crippen LogP contribution is 2.24. The van der Waals surface area contributed by atoms with Crippen LogP contribution in [0.1, 0.15) is 24.1 Å². The maximum absolute atomic E-state index is 5.38. The predicted octanol–water partition coefficient (Wildman–Crippen LogP) is 2.98. The van der Waals surface area contributed by atoms with Gasteiger partial charge < -0.3 is 10.1 Å². The number of hydrogen-bond donors (Lipinski definition) is 1. The van der Waals surface area contributed by atoms with Crippen LogP contribution in [-0.4, -0.2) is 18.6 Å². The third-order valence-corrected chi connectivity index (χ3v) is 3.19. The molecule has 0 spiro atoms. The highest BCUT2D eigenvalue weighted by atomic mass is 16.5. The first-order valence-corrected chi connectivity index (χ1v) is 6.56. The van der Waals surface area contributed by atoms with Crippen LogP contribution < -0.4 is 10.1 Å². The molecule has 0 amide bonds. The summed E-state index contributed by atoms with van der Waals surface area (Å²) in [6.07, 6.45) is 4.69. The van der Waals surface area contributed by atoms with Crippen LogP contribution in [0.4, 0.5) is 0 Å². The summed E-state index contributed by atoms with van der Waals surface area (Å²) >= 11 is 0. The van der Waals surface area contributed by atoms with Gasteiger partial charge in [-0.1, -0.05) is 24.3 Å². The Labute approximate surface area is 114 Å². The highest BCUT2D eigenvalue weighted by Gasteiger charge is 2.09. The van der Waals surface area contributed by atoms with Crippen LogP contribution in [0.2, 0.25) is 0 Å². The molecule has 3 heteroatoms. The summed E-state index contributed by atoms with van der Waals surface area (Å²) < 4.78 is 5.38. The van der Waals surface area contributed by atoms with E-state index in [4.69, 9.17) is 4.74 Å². The predicted molar refractivity (Wildman–Crippen MR) is 77.4 cm³/mol. The zero-order valence-electron chi connectivity index (χ0n) is 11.5. The molecule has 0 unspecified atom stereocenters. The molecule has 1 atom stereocenters. The number of ether oxygens (including phenoxy) is 1. The van der Waals surface area contributed by atoms with E-state index >= 15 is 0 Å². The standard InChI is InChI=1S/C16H20N2O/c1-13(15-7-3-4-8-16(15)19-2)18-11-9-14-6-5-10-17-12-14/h3-8,10,12-13,18H,9,11H2,1-2H3/t13-/m0/s1. The molecule has 100 valence electrons. The van der Waals surface area contributed by atoms with Crippen molar-refractivity contribution in [2.75, 3.05) is 13.7 Å². The maximum Gasteiger partial charge on any atom is 0.123 e. The van der Waals surface area contributed by atoms with Crippen molar-refractivity contribution in [2.24, 2.45) is 0 Å². The summed E-state index contributed by atoms with van der Waals surface area (Å²) in [6.45, 7) is 3.08. The molecule has 0 aliphatic rings. The molecule has 1 aromatic carbocycles. The van der Waals surface area contributed by atoms with Crippen LogP contribution >= 0.6 is 0 Å². The Morgan fingerprint density at radius 1 is 1.21 bits per heavy atom. The van der Waals surface area contributed by atoms with Crippen LogP contribution in [0.3, 0.4) is 0 Å². The van der Waals surface area contributed by atoms with E-state index in [-0.39, 0.29) is 6.04 Å². The number of nitrogens with zero attached hydrogens (tertiary/aromatic N) is 1. The molecule has 0 aliphatic heterocycles. The number of methoxy groups -OCH3 is 1. The van der Waals surface area contributed by atoms with E-state index in [1.807, 2.05) is 30.5 Å². The van der Waals surface area contributed by atoms with E-state index < -0.39 is 0 Å². The number of pyridine rings is 1. The molecule has 0 radical (unpaired) electrons. The molecule has 19 heavy (non-hydrogen) atoms. The summed E-state index contributed by atoms with van der Waals surface area (Å²) in [4.78, 5) is 4.12. The Morgan fingerprint density at radius 2 is 2.05 bits per heavy atom. The number of hydrogen-bond acceptors (Lipinski definition) is 3. The topological polar surface area (TPSA) is 34.1 Å². The first kappa shape index (κ1) is 13.6. The lowest BCUT2D eigenvalue weighted by Gasteiger charge is -2.17. The van der Waals surface area contributed by atoms with Gasteiger partial charge in [-0.3, -0.25) is 4.98 Å². The van der Waals surface area contributed by atoms with E-state index in [2.05, 4.69) is 29.4 Å². The van der Waals surface area contributed by atoms with E-state index in [9.17, 15) is 0 Å². The molecular formula is C16H20N2O. The maximum atomic E-state index is 5.38. The summed E-state index contributed by atoms with van der Waals surface area (Å²) in [5.41, 5.74) is 2.44. The molecule has 0 fully saturated rings. The smallest absolute Gasteiger partial charge is 0.123 e. The van der Waals surface area contributed by atoms with Gasteiger partial charge >= 0.3 is 0 Å². The molecule has 0 saturated heterocycles. The SMILES string of the molecule is COc1ccccc1[C@H](C)NCCc1cccnc1. The zero-order valence-corrected chi connectivity index (χ0v) is 11.5. The van der Waals surface area contributed by atoms with Gasteiger partial charge in [0, 0.05) is 24.0 Å². The van der Waals surface area contributed by atoms with Gasteiger partial charge in [0.05, 0.1) is 7.11 Å². The second kappa shape index (κ2) is 6.90. The van der Waals surface area contributed by atoms with Crippen LogP contribution in [-0.2, 0) is 6.42 Å². The highest BCUT2D eigenvalue weighted by molar-refractivity contribution is 5.35. The molecule has 2 rings (SSSR count). The van der Waals surface area contributed by atoms with E-state index in [1.165, 1.54) is 11.1 Å². The van der Waals surface area contributed by atoms with Gasteiger partial charge in [0.1, 0.15) is 5.75 Å². The van der Waals surface area contributed by atoms with Crippen molar-refractivity contribution in [3.8, 4) is 5.75 Å². The Hall–Kier alpha value is -1.87. The van der Waals surface area contributed by atoms with Crippen molar-refractivity contribution in [1.29, 1.82) is 0 Å². The first-order chi connectivity index (χ1) is 9.31. The quantitative estimate of drug-likeness (QED) is 0.862. The lowest BCUT2D eigenvalue weighted by atomic mass is 10.1. The summed E-state index contributed by atoms with van der Waals surface area (Å²) in [5.74, 6) is 0.934. The molecule has 1 heterocycles. The lowest BCUT2D eigenvalue weighted by Crippen LogP contribution is -2.21. The molecule has 0 aliphatic carbocycles. The third kappa shape index (κ3) is 3.80. The minimum atomic E-state index is 0.271. The third-order valence-electron chi connectivity index (χ3n) is 3.19. The van der Waals surface area contributed by atoms with Gasteiger partial charge in [0.25, 0.3) is 0 Å². The lowest BCUT2D eigenvalue weighted by molar-refractivity contribution is 0.402. The van der Waals surface area contributed by atoms with Gasteiger partial charge in [-0.15, -0.1) is 0 Å². The normalized spacial score (nSPS) is 12.1. The zero-order chi connectivity index (χ0) is 13.5. The van der Waals surface area contributed by atoms with Crippen molar-refractivity contribution < 1.29 is 4.74 Å². The monoisotopic (exact) mass is 256 g/mol. The van der Waals surface area contributed by atoms with Gasteiger partial charge in [-0.2, -0.15) is 0 Å². The minimum absolute atomic E-state index is 0.271. The second-order valence-corrected chi connectivity index (χ2v) is 4.53. The van der Waals surface area contributed by atoms with Crippen molar-refractivity contribution in [2.45, 2.75) is 19.4 Å². The Balaban J connectivity index is 1.89. The largest absolute Gasteiger partial charge is 0.496 e. The van der Waals surface area contributed by atoms with Crippen LogP contribution in [0.15, 0.2) is 48.8 Å². The number of para-hydroxylation sites is 1. The molecule has 1 N–H and O–H groups in total. The average Bonchev–Trinajstić information content (AvgIpc) is 2.48. The van der Waals surface area contributed by atoms with Gasteiger partial charge in [-0.05, 0) is 37.6 Å². The number of nitrogens with one attached hydrogen (secondary N) is 1. The fraction of sp³-hybridized carbons (Fsp3) is 0.312. The molecule has 2 aromatic rings. The van der Waals surface area contributed by atoms with Crippen molar-refractivity contribution in [3.63, 3.8) is 0 Å². The van der Waals surface area contributed by atoms with Crippen LogP contribution in [0.25, 0.3) is 0 Å². The van der Waals surface area contributed by atoms with E-state index in [1.54, 1.807) is 13.3 Å².